The fourth-order valence-electron chi connectivity index (χ4n) is 2.52. The van der Waals surface area contributed by atoms with Crippen molar-refractivity contribution >= 4 is 17.5 Å². The van der Waals surface area contributed by atoms with Crippen molar-refractivity contribution in [3.63, 3.8) is 0 Å². The summed E-state index contributed by atoms with van der Waals surface area (Å²) in [4.78, 5) is 23.1. The fraction of sp³-hybridized carbons (Fsp3) is 0.353. The number of fused-ring (bicyclic) bond motifs is 1. The van der Waals surface area contributed by atoms with Crippen LogP contribution in [0.25, 0.3) is 0 Å². The summed E-state index contributed by atoms with van der Waals surface area (Å²) in [5, 5.41) is 0.118. The lowest BCUT2D eigenvalue weighted by atomic mass is 9.95. The smallest absolute Gasteiger partial charge is 0.259 e. The molecule has 2 aromatic rings. The Hall–Kier alpha value is -2.01. The molecule has 1 amide bonds. The summed E-state index contributed by atoms with van der Waals surface area (Å²) >= 11 is 5.98. The Kier molecular flexibility index (Phi) is 3.84. The predicted octanol–water partition coefficient (Wildman–Crippen LogP) is 3.72. The van der Waals surface area contributed by atoms with Gasteiger partial charge >= 0.3 is 0 Å². The zero-order chi connectivity index (χ0) is 16.8. The van der Waals surface area contributed by atoms with Crippen molar-refractivity contribution in [2.45, 2.75) is 39.3 Å². The molecule has 0 saturated heterocycles. The molecule has 1 aromatic carbocycles. The lowest BCUT2D eigenvalue weighted by Crippen LogP contribution is -2.26. The van der Waals surface area contributed by atoms with Crippen LogP contribution in [0.5, 0.6) is 0 Å². The number of hydrogen-bond donors (Lipinski definition) is 0. The monoisotopic (exact) mass is 333 g/mol. The average Bonchev–Trinajstić information content (AvgIpc) is 2.88. The number of benzene rings is 1. The quantitative estimate of drug-likeness (QED) is 0.799. The molecule has 1 aromatic heterocycles. The number of hydrogen-bond acceptors (Lipinski definition) is 3. The Balaban J connectivity index is 1.89. The van der Waals surface area contributed by atoms with E-state index in [2.05, 4.69) is 9.97 Å². The van der Waals surface area contributed by atoms with Gasteiger partial charge in [0.2, 0.25) is 0 Å². The highest BCUT2D eigenvalue weighted by molar-refractivity contribution is 6.33. The van der Waals surface area contributed by atoms with Crippen molar-refractivity contribution < 1.29 is 9.18 Å². The average molecular weight is 334 g/mol. The minimum atomic E-state index is -0.611. The normalized spacial score (nSPS) is 14.0. The van der Waals surface area contributed by atoms with E-state index in [1.165, 1.54) is 23.1 Å². The molecule has 4 nitrogen and oxygen atoms in total. The van der Waals surface area contributed by atoms with Crippen molar-refractivity contribution in [3.8, 4) is 0 Å². The number of amides is 1. The first-order chi connectivity index (χ1) is 10.8. The van der Waals surface area contributed by atoms with Crippen LogP contribution in [0.4, 0.5) is 4.39 Å². The maximum Gasteiger partial charge on any atom is 0.259 e. The van der Waals surface area contributed by atoms with Gasteiger partial charge in [0.25, 0.3) is 5.91 Å². The molecule has 23 heavy (non-hydrogen) atoms. The summed E-state index contributed by atoms with van der Waals surface area (Å²) in [7, 11) is 0. The van der Waals surface area contributed by atoms with Crippen molar-refractivity contribution in [2.24, 2.45) is 0 Å². The topological polar surface area (TPSA) is 46.1 Å². The predicted molar refractivity (Wildman–Crippen MR) is 85.7 cm³/mol. The molecular weight excluding hydrogens is 317 g/mol. The van der Waals surface area contributed by atoms with Crippen molar-refractivity contribution in [1.82, 2.24) is 14.9 Å². The zero-order valence-corrected chi connectivity index (χ0v) is 14.0. The highest BCUT2D eigenvalue weighted by Gasteiger charge is 2.30. The highest BCUT2D eigenvalue weighted by Crippen LogP contribution is 2.28. The van der Waals surface area contributed by atoms with Gasteiger partial charge in [-0.3, -0.25) is 4.79 Å². The summed E-state index contributed by atoms with van der Waals surface area (Å²) in [6, 6.07) is 4.23. The van der Waals surface area contributed by atoms with Gasteiger partial charge in [-0.25, -0.2) is 14.4 Å². The van der Waals surface area contributed by atoms with E-state index in [9.17, 15) is 9.18 Å². The largest absolute Gasteiger partial charge is 0.328 e. The summed E-state index contributed by atoms with van der Waals surface area (Å²) < 4.78 is 13.9. The molecule has 1 aliphatic rings. The summed E-state index contributed by atoms with van der Waals surface area (Å²) in [6.45, 7) is 6.80. The molecule has 1 aliphatic heterocycles. The van der Waals surface area contributed by atoms with E-state index >= 15 is 0 Å². The zero-order valence-electron chi connectivity index (χ0n) is 13.2. The third-order valence-electron chi connectivity index (χ3n) is 3.79. The van der Waals surface area contributed by atoms with Crippen LogP contribution in [0.2, 0.25) is 5.02 Å². The molecule has 0 bridgehead atoms. The van der Waals surface area contributed by atoms with E-state index in [4.69, 9.17) is 11.6 Å². The molecule has 6 heteroatoms. The van der Waals surface area contributed by atoms with Gasteiger partial charge in [-0.15, -0.1) is 0 Å². The van der Waals surface area contributed by atoms with Gasteiger partial charge in [-0.05, 0) is 12.1 Å². The summed E-state index contributed by atoms with van der Waals surface area (Å²) in [5.74, 6) is -0.308. The Morgan fingerprint density at radius 1 is 1.30 bits per heavy atom. The number of aromatic nitrogens is 2. The van der Waals surface area contributed by atoms with E-state index in [1.807, 2.05) is 20.8 Å². The second-order valence-corrected chi connectivity index (χ2v) is 7.08. The van der Waals surface area contributed by atoms with Crippen molar-refractivity contribution in [1.29, 1.82) is 0 Å². The third-order valence-corrected chi connectivity index (χ3v) is 4.11. The number of carbonyl (C=O) groups is 1. The Morgan fingerprint density at radius 3 is 2.70 bits per heavy atom. The second-order valence-electron chi connectivity index (χ2n) is 6.67. The first-order valence-corrected chi connectivity index (χ1v) is 7.73. The Morgan fingerprint density at radius 2 is 2.04 bits per heavy atom. The van der Waals surface area contributed by atoms with Crippen LogP contribution >= 0.6 is 11.6 Å². The van der Waals surface area contributed by atoms with Gasteiger partial charge in [0.05, 0.1) is 22.8 Å². The minimum absolute atomic E-state index is 0.0917. The van der Waals surface area contributed by atoms with Crippen LogP contribution in [-0.2, 0) is 18.5 Å². The number of nitrogens with zero attached hydrogens (tertiary/aromatic N) is 3. The molecule has 0 atom stereocenters. The molecule has 0 saturated carbocycles. The summed E-state index contributed by atoms with van der Waals surface area (Å²) in [6.07, 6.45) is 1.75. The third kappa shape index (κ3) is 2.93. The lowest BCUT2D eigenvalue weighted by Gasteiger charge is -2.17. The van der Waals surface area contributed by atoms with E-state index in [1.54, 1.807) is 6.20 Å². The standard InChI is InChI=1S/C17H17ClFN3O/c1-17(2,3)16-20-7-10-8-22(9-13(10)21-16)15(23)14-11(18)5-4-6-12(14)19/h4-7H,8-9H2,1-3H3. The fourth-order valence-corrected chi connectivity index (χ4v) is 2.76. The van der Waals surface area contributed by atoms with Gasteiger partial charge in [-0.1, -0.05) is 38.4 Å². The van der Waals surface area contributed by atoms with Crippen LogP contribution < -0.4 is 0 Å². The minimum Gasteiger partial charge on any atom is -0.328 e. The molecule has 0 unspecified atom stereocenters. The summed E-state index contributed by atoms with van der Waals surface area (Å²) in [5.41, 5.74) is 1.44. The van der Waals surface area contributed by atoms with Gasteiger partial charge in [0.15, 0.2) is 0 Å². The first kappa shape index (κ1) is 15.9. The van der Waals surface area contributed by atoms with E-state index < -0.39 is 11.7 Å². The maximum atomic E-state index is 13.9. The highest BCUT2D eigenvalue weighted by atomic mass is 35.5. The van der Waals surface area contributed by atoms with Gasteiger partial charge < -0.3 is 4.90 Å². The first-order valence-electron chi connectivity index (χ1n) is 7.36. The second kappa shape index (κ2) is 5.57. The van der Waals surface area contributed by atoms with E-state index in [-0.39, 0.29) is 16.0 Å². The van der Waals surface area contributed by atoms with Crippen LogP contribution in [-0.4, -0.2) is 20.8 Å². The van der Waals surface area contributed by atoms with Crippen LogP contribution in [0.15, 0.2) is 24.4 Å². The number of carbonyl (C=O) groups excluding carboxylic acids is 1. The van der Waals surface area contributed by atoms with Crippen molar-refractivity contribution in [2.75, 3.05) is 0 Å². The lowest BCUT2D eigenvalue weighted by molar-refractivity contribution is 0.0746. The maximum absolute atomic E-state index is 13.9. The molecule has 0 fully saturated rings. The molecule has 3 rings (SSSR count). The molecular formula is C17H17ClFN3O. The van der Waals surface area contributed by atoms with Gasteiger partial charge in [0, 0.05) is 23.7 Å². The molecule has 120 valence electrons. The van der Waals surface area contributed by atoms with Crippen molar-refractivity contribution in [3.05, 3.63) is 57.9 Å². The molecule has 2 heterocycles. The Labute approximate surface area is 139 Å². The van der Waals surface area contributed by atoms with Crippen LogP contribution in [0.3, 0.4) is 0 Å². The molecule has 0 N–H and O–H groups in total. The van der Waals surface area contributed by atoms with Gasteiger partial charge in [-0.2, -0.15) is 0 Å². The van der Waals surface area contributed by atoms with Crippen LogP contribution in [0.1, 0.15) is 48.2 Å². The number of halogens is 2. The SMILES string of the molecule is CC(C)(C)c1ncc2c(n1)CN(C(=O)c1c(F)cccc1Cl)C2. The Bertz CT molecular complexity index is 766. The molecule has 0 aliphatic carbocycles. The number of rotatable bonds is 1. The van der Waals surface area contributed by atoms with Gasteiger partial charge in [0.1, 0.15) is 11.6 Å². The van der Waals surface area contributed by atoms with Crippen LogP contribution in [0, 0.1) is 5.82 Å². The van der Waals surface area contributed by atoms with E-state index in [0.29, 0.717) is 13.1 Å². The molecule has 0 spiro atoms. The van der Waals surface area contributed by atoms with E-state index in [0.717, 1.165) is 17.1 Å². The molecule has 0 radical (unpaired) electrons.